The molecule has 1 N–H and O–H groups in total. The summed E-state index contributed by atoms with van der Waals surface area (Å²) in [5.74, 6) is 0.835. The van der Waals surface area contributed by atoms with Gasteiger partial charge in [-0.05, 0) is 26.0 Å². The third-order valence-corrected chi connectivity index (χ3v) is 3.23. The predicted molar refractivity (Wildman–Crippen MR) is 80.2 cm³/mol. The van der Waals surface area contributed by atoms with Crippen LogP contribution in [0.2, 0.25) is 0 Å². The van der Waals surface area contributed by atoms with Crippen LogP contribution in [0.15, 0.2) is 49.4 Å². The first-order valence-corrected chi connectivity index (χ1v) is 6.72. The molecule has 0 aliphatic carbocycles. The van der Waals surface area contributed by atoms with Gasteiger partial charge in [-0.1, -0.05) is 0 Å². The Balaban J connectivity index is 1.75. The van der Waals surface area contributed by atoms with Crippen LogP contribution in [0.4, 0.5) is 5.69 Å². The molecule has 3 heterocycles. The topological polar surface area (TPSA) is 68.5 Å². The standard InChI is InChI=1S/C15H16N6/c1-11-15(18-6-5-17-11)12(2)20-13-3-4-14(19-9-13)21-8-7-16-10-21/h3-10,12,20H,1-2H3. The number of aryl methyl sites for hydroxylation is 1. The van der Waals surface area contributed by atoms with E-state index in [-0.39, 0.29) is 6.04 Å². The minimum absolute atomic E-state index is 0.0691. The predicted octanol–water partition coefficient (Wildman–Crippen LogP) is 2.54. The van der Waals surface area contributed by atoms with Gasteiger partial charge in [-0.25, -0.2) is 9.97 Å². The highest BCUT2D eigenvalue weighted by Gasteiger charge is 2.10. The van der Waals surface area contributed by atoms with E-state index in [0.717, 1.165) is 22.9 Å². The fourth-order valence-corrected chi connectivity index (χ4v) is 2.18. The molecule has 0 amide bonds. The molecule has 3 aromatic heterocycles. The molecule has 3 rings (SSSR count). The van der Waals surface area contributed by atoms with Crippen molar-refractivity contribution in [2.24, 2.45) is 0 Å². The van der Waals surface area contributed by atoms with Gasteiger partial charge in [0.1, 0.15) is 12.1 Å². The van der Waals surface area contributed by atoms with Gasteiger partial charge in [-0.2, -0.15) is 0 Å². The van der Waals surface area contributed by atoms with E-state index in [2.05, 4.69) is 32.2 Å². The summed E-state index contributed by atoms with van der Waals surface area (Å²) in [5, 5.41) is 3.38. The molecular weight excluding hydrogens is 264 g/mol. The first-order chi connectivity index (χ1) is 10.2. The molecule has 0 saturated carbocycles. The summed E-state index contributed by atoms with van der Waals surface area (Å²) in [5.41, 5.74) is 2.81. The quantitative estimate of drug-likeness (QED) is 0.795. The average Bonchev–Trinajstić information content (AvgIpc) is 3.02. The maximum atomic E-state index is 4.41. The van der Waals surface area contributed by atoms with Crippen LogP contribution in [0.5, 0.6) is 0 Å². The van der Waals surface area contributed by atoms with Crippen molar-refractivity contribution in [1.82, 2.24) is 24.5 Å². The van der Waals surface area contributed by atoms with E-state index in [0.29, 0.717) is 0 Å². The Morgan fingerprint density at radius 2 is 1.95 bits per heavy atom. The highest BCUT2D eigenvalue weighted by atomic mass is 15.1. The lowest BCUT2D eigenvalue weighted by Gasteiger charge is -2.16. The number of pyridine rings is 1. The van der Waals surface area contributed by atoms with Crippen molar-refractivity contribution in [1.29, 1.82) is 0 Å². The van der Waals surface area contributed by atoms with E-state index in [9.17, 15) is 0 Å². The summed E-state index contributed by atoms with van der Waals surface area (Å²) < 4.78 is 1.86. The van der Waals surface area contributed by atoms with Crippen LogP contribution in [-0.2, 0) is 0 Å². The van der Waals surface area contributed by atoms with Gasteiger partial charge in [0.2, 0.25) is 0 Å². The SMILES string of the molecule is Cc1nccnc1C(C)Nc1ccc(-n2ccnc2)nc1. The van der Waals surface area contributed by atoms with Crippen LogP contribution in [0.1, 0.15) is 24.4 Å². The molecule has 0 aromatic carbocycles. The van der Waals surface area contributed by atoms with Gasteiger partial charge in [0, 0.05) is 24.8 Å². The fourth-order valence-electron chi connectivity index (χ4n) is 2.18. The van der Waals surface area contributed by atoms with E-state index < -0.39 is 0 Å². The van der Waals surface area contributed by atoms with Crippen LogP contribution in [0.3, 0.4) is 0 Å². The van der Waals surface area contributed by atoms with Gasteiger partial charge in [0.15, 0.2) is 0 Å². The number of imidazole rings is 1. The zero-order valence-corrected chi connectivity index (χ0v) is 11.9. The second kappa shape index (κ2) is 5.70. The first kappa shape index (κ1) is 13.2. The lowest BCUT2D eigenvalue weighted by Crippen LogP contribution is -2.11. The maximum Gasteiger partial charge on any atom is 0.137 e. The highest BCUT2D eigenvalue weighted by Crippen LogP contribution is 2.19. The van der Waals surface area contributed by atoms with Crippen molar-refractivity contribution >= 4 is 5.69 Å². The lowest BCUT2D eigenvalue weighted by molar-refractivity contribution is 0.808. The second-order valence-corrected chi connectivity index (χ2v) is 4.77. The van der Waals surface area contributed by atoms with Gasteiger partial charge in [0.25, 0.3) is 0 Å². The summed E-state index contributed by atoms with van der Waals surface area (Å²) >= 11 is 0. The summed E-state index contributed by atoms with van der Waals surface area (Å²) in [4.78, 5) is 17.1. The molecule has 6 heteroatoms. The zero-order valence-electron chi connectivity index (χ0n) is 11.9. The molecule has 0 bridgehead atoms. The molecule has 1 atom stereocenters. The minimum atomic E-state index is 0.0691. The van der Waals surface area contributed by atoms with E-state index in [1.807, 2.05) is 29.8 Å². The summed E-state index contributed by atoms with van der Waals surface area (Å²) in [6, 6.07) is 4.00. The van der Waals surface area contributed by atoms with Crippen molar-refractivity contribution < 1.29 is 0 Å². The van der Waals surface area contributed by atoms with E-state index >= 15 is 0 Å². The highest BCUT2D eigenvalue weighted by molar-refractivity contribution is 5.45. The zero-order chi connectivity index (χ0) is 14.7. The average molecular weight is 280 g/mol. The first-order valence-electron chi connectivity index (χ1n) is 6.72. The maximum absolute atomic E-state index is 4.41. The molecule has 3 aromatic rings. The van der Waals surface area contributed by atoms with Gasteiger partial charge < -0.3 is 5.32 Å². The molecule has 0 spiro atoms. The lowest BCUT2D eigenvalue weighted by atomic mass is 10.2. The van der Waals surface area contributed by atoms with Crippen molar-refractivity contribution in [3.8, 4) is 5.82 Å². The Morgan fingerprint density at radius 3 is 2.62 bits per heavy atom. The van der Waals surface area contributed by atoms with Crippen molar-refractivity contribution in [3.05, 3.63) is 60.8 Å². The molecule has 0 aliphatic heterocycles. The van der Waals surface area contributed by atoms with E-state index in [1.165, 1.54) is 0 Å². The Kier molecular flexibility index (Phi) is 3.59. The molecule has 1 unspecified atom stereocenters. The van der Waals surface area contributed by atoms with Gasteiger partial charge in [-0.3, -0.25) is 14.5 Å². The number of hydrogen-bond donors (Lipinski definition) is 1. The molecule has 0 saturated heterocycles. The van der Waals surface area contributed by atoms with Crippen LogP contribution < -0.4 is 5.32 Å². The molecule has 6 nitrogen and oxygen atoms in total. The Labute approximate surface area is 122 Å². The summed E-state index contributed by atoms with van der Waals surface area (Å²) in [6.45, 7) is 4.02. The minimum Gasteiger partial charge on any atom is -0.376 e. The number of nitrogens with zero attached hydrogens (tertiary/aromatic N) is 5. The molecule has 106 valence electrons. The molecular formula is C15H16N6. The van der Waals surface area contributed by atoms with Gasteiger partial charge >= 0.3 is 0 Å². The van der Waals surface area contributed by atoms with Crippen LogP contribution in [0.25, 0.3) is 5.82 Å². The summed E-state index contributed by atoms with van der Waals surface area (Å²) in [7, 11) is 0. The normalized spacial score (nSPS) is 12.1. The largest absolute Gasteiger partial charge is 0.376 e. The van der Waals surface area contributed by atoms with Crippen molar-refractivity contribution in [2.75, 3.05) is 5.32 Å². The van der Waals surface area contributed by atoms with E-state index in [1.54, 1.807) is 31.1 Å². The smallest absolute Gasteiger partial charge is 0.137 e. The molecule has 21 heavy (non-hydrogen) atoms. The number of anilines is 1. The van der Waals surface area contributed by atoms with Crippen LogP contribution in [-0.4, -0.2) is 24.5 Å². The van der Waals surface area contributed by atoms with Crippen LogP contribution in [0, 0.1) is 6.92 Å². The Morgan fingerprint density at radius 1 is 1.10 bits per heavy atom. The van der Waals surface area contributed by atoms with Crippen molar-refractivity contribution in [2.45, 2.75) is 19.9 Å². The third-order valence-electron chi connectivity index (χ3n) is 3.23. The Hall–Kier alpha value is -2.76. The summed E-state index contributed by atoms with van der Waals surface area (Å²) in [6.07, 6.45) is 10.5. The van der Waals surface area contributed by atoms with E-state index in [4.69, 9.17) is 0 Å². The Bertz CT molecular complexity index is 705. The van der Waals surface area contributed by atoms with Gasteiger partial charge in [0.05, 0.1) is 29.3 Å². The van der Waals surface area contributed by atoms with Crippen molar-refractivity contribution in [3.63, 3.8) is 0 Å². The number of aromatic nitrogens is 5. The molecule has 0 fully saturated rings. The number of rotatable bonds is 4. The van der Waals surface area contributed by atoms with Crippen LogP contribution >= 0.6 is 0 Å². The number of hydrogen-bond acceptors (Lipinski definition) is 5. The number of nitrogens with one attached hydrogen (secondary N) is 1. The molecule has 0 aliphatic rings. The third kappa shape index (κ3) is 2.89. The van der Waals surface area contributed by atoms with Gasteiger partial charge in [-0.15, -0.1) is 0 Å². The molecule has 0 radical (unpaired) electrons. The second-order valence-electron chi connectivity index (χ2n) is 4.77. The fraction of sp³-hybridized carbons (Fsp3) is 0.200. The monoisotopic (exact) mass is 280 g/mol.